The molecule has 1 aromatic rings. The molecule has 0 fully saturated rings. The third kappa shape index (κ3) is 4.36. The predicted molar refractivity (Wildman–Crippen MR) is 81.7 cm³/mol. The number of hydrogen-bond donors (Lipinski definition) is 1. The molecule has 0 aliphatic heterocycles. The van der Waals surface area contributed by atoms with Gasteiger partial charge in [0.2, 0.25) is 0 Å². The first-order valence-electron chi connectivity index (χ1n) is 6.96. The molecule has 1 amide bonds. The fourth-order valence-corrected chi connectivity index (χ4v) is 1.90. The Kier molecular flexibility index (Phi) is 6.16. The lowest BCUT2D eigenvalue weighted by Crippen LogP contribution is -2.48. The summed E-state index contributed by atoms with van der Waals surface area (Å²) in [5.74, 6) is 1.46. The largest absolute Gasteiger partial charge is 0.452 e. The number of nitrogens with zero attached hydrogens (tertiary/aromatic N) is 1. The van der Waals surface area contributed by atoms with Crippen molar-refractivity contribution in [2.45, 2.75) is 32.2 Å². The van der Waals surface area contributed by atoms with Crippen molar-refractivity contribution in [3.05, 3.63) is 35.4 Å². The molecule has 0 radical (unpaired) electrons. The van der Waals surface area contributed by atoms with Gasteiger partial charge in [0.15, 0.2) is 6.61 Å². The lowest BCUT2D eigenvalue weighted by molar-refractivity contribution is -0.125. The topological polar surface area (TPSA) is 79.2 Å². The van der Waals surface area contributed by atoms with E-state index in [0.29, 0.717) is 18.4 Å². The lowest BCUT2D eigenvalue weighted by atomic mass is 9.94. The Labute approximate surface area is 130 Å². The molecular formula is C17H18N2O3. The number of benzene rings is 1. The third-order valence-corrected chi connectivity index (χ3v) is 3.42. The molecule has 114 valence electrons. The number of carbonyl (C=O) groups excluding carboxylic acids is 2. The molecule has 5 nitrogen and oxygen atoms in total. The van der Waals surface area contributed by atoms with Gasteiger partial charge in [-0.05, 0) is 31.0 Å². The fourth-order valence-electron chi connectivity index (χ4n) is 1.90. The van der Waals surface area contributed by atoms with E-state index in [9.17, 15) is 9.59 Å². The fraction of sp³-hybridized carbons (Fsp3) is 0.353. The molecule has 1 rings (SSSR count). The van der Waals surface area contributed by atoms with Crippen molar-refractivity contribution >= 4 is 11.9 Å². The zero-order chi connectivity index (χ0) is 16.6. The second-order valence-corrected chi connectivity index (χ2v) is 4.75. The Balaban J connectivity index is 2.62. The number of carbonyl (C=O) groups is 2. The number of nitriles is 1. The Hall–Kier alpha value is -2.79. The molecular weight excluding hydrogens is 280 g/mol. The lowest BCUT2D eigenvalue weighted by Gasteiger charge is -2.26. The molecule has 1 N–H and O–H groups in total. The first-order valence-corrected chi connectivity index (χ1v) is 6.96. The zero-order valence-corrected chi connectivity index (χ0v) is 12.7. The van der Waals surface area contributed by atoms with Crippen molar-refractivity contribution in [3.63, 3.8) is 0 Å². The highest BCUT2D eigenvalue weighted by atomic mass is 16.5. The van der Waals surface area contributed by atoms with Crippen LogP contribution in [-0.4, -0.2) is 24.0 Å². The van der Waals surface area contributed by atoms with E-state index in [1.165, 1.54) is 12.1 Å². The summed E-state index contributed by atoms with van der Waals surface area (Å²) in [6, 6.07) is 8.01. The summed E-state index contributed by atoms with van der Waals surface area (Å²) >= 11 is 0. The monoisotopic (exact) mass is 298 g/mol. The minimum Gasteiger partial charge on any atom is -0.452 e. The van der Waals surface area contributed by atoms with E-state index in [0.717, 1.165) is 0 Å². The summed E-state index contributed by atoms with van der Waals surface area (Å²) in [6.07, 6.45) is 6.63. The van der Waals surface area contributed by atoms with Crippen LogP contribution in [0.3, 0.4) is 0 Å². The van der Waals surface area contributed by atoms with Crippen LogP contribution in [0.15, 0.2) is 24.3 Å². The Morgan fingerprint density at radius 2 is 2.05 bits per heavy atom. The second-order valence-electron chi connectivity index (χ2n) is 4.75. The molecule has 0 aliphatic rings. The van der Waals surface area contributed by atoms with E-state index in [1.54, 1.807) is 12.1 Å². The normalized spacial score (nSPS) is 10.2. The summed E-state index contributed by atoms with van der Waals surface area (Å²) in [4.78, 5) is 23.7. The van der Waals surface area contributed by atoms with Crippen LogP contribution in [0.2, 0.25) is 0 Å². The van der Waals surface area contributed by atoms with Crippen molar-refractivity contribution in [2.75, 3.05) is 6.61 Å². The second kappa shape index (κ2) is 7.85. The van der Waals surface area contributed by atoms with Crippen LogP contribution in [0, 0.1) is 23.7 Å². The van der Waals surface area contributed by atoms with Gasteiger partial charge in [0.1, 0.15) is 5.54 Å². The average molecular weight is 298 g/mol. The van der Waals surface area contributed by atoms with Crippen molar-refractivity contribution in [1.29, 1.82) is 5.26 Å². The first-order chi connectivity index (χ1) is 10.5. The maximum atomic E-state index is 11.9. The minimum absolute atomic E-state index is 0.223. The molecule has 0 atom stereocenters. The number of rotatable bonds is 6. The van der Waals surface area contributed by atoms with Gasteiger partial charge in [-0.15, -0.1) is 6.42 Å². The Morgan fingerprint density at radius 3 is 2.59 bits per heavy atom. The Morgan fingerprint density at radius 1 is 1.36 bits per heavy atom. The standard InChI is InChI=1S/C17H18N2O3/c1-4-17(5-2,6-3)19-15(20)12-22-16(21)14-9-7-8-13(10-14)11-18/h1,7-10H,5-6,12H2,2-3H3,(H,19,20). The van der Waals surface area contributed by atoms with Crippen molar-refractivity contribution in [3.8, 4) is 18.4 Å². The first kappa shape index (κ1) is 17.3. The smallest absolute Gasteiger partial charge is 0.338 e. The van der Waals surface area contributed by atoms with E-state index in [-0.39, 0.29) is 5.56 Å². The summed E-state index contributed by atoms with van der Waals surface area (Å²) in [5.41, 5.74) is -0.146. The molecule has 22 heavy (non-hydrogen) atoms. The number of terminal acetylenes is 1. The van der Waals surface area contributed by atoms with Gasteiger partial charge in [0.25, 0.3) is 5.91 Å². The molecule has 0 bridgehead atoms. The summed E-state index contributed by atoms with van der Waals surface area (Å²) < 4.78 is 4.94. The minimum atomic E-state index is -0.718. The van der Waals surface area contributed by atoms with Crippen LogP contribution in [0.25, 0.3) is 0 Å². The van der Waals surface area contributed by atoms with Crippen molar-refractivity contribution in [2.24, 2.45) is 0 Å². The summed E-state index contributed by atoms with van der Waals surface area (Å²) in [5, 5.41) is 11.5. The molecule has 1 aromatic carbocycles. The molecule has 0 spiro atoms. The molecule has 0 saturated carbocycles. The Bertz CT molecular complexity index is 634. The molecule has 0 heterocycles. The zero-order valence-electron chi connectivity index (χ0n) is 12.7. The summed E-state index contributed by atoms with van der Waals surface area (Å²) in [7, 11) is 0. The van der Waals surface area contributed by atoms with Crippen LogP contribution in [-0.2, 0) is 9.53 Å². The van der Waals surface area contributed by atoms with Gasteiger partial charge in [-0.2, -0.15) is 5.26 Å². The quantitative estimate of drug-likeness (QED) is 0.643. The van der Waals surface area contributed by atoms with Crippen molar-refractivity contribution < 1.29 is 14.3 Å². The van der Waals surface area contributed by atoms with Gasteiger partial charge in [0.05, 0.1) is 17.2 Å². The van der Waals surface area contributed by atoms with E-state index < -0.39 is 24.0 Å². The molecule has 0 saturated heterocycles. The molecule has 0 aromatic heterocycles. The van der Waals surface area contributed by atoms with Crippen LogP contribution < -0.4 is 5.32 Å². The molecule has 0 aliphatic carbocycles. The van der Waals surface area contributed by atoms with Crippen LogP contribution >= 0.6 is 0 Å². The SMILES string of the molecule is C#CC(CC)(CC)NC(=O)COC(=O)c1cccc(C#N)c1. The molecule has 5 heteroatoms. The van der Waals surface area contributed by atoms with E-state index >= 15 is 0 Å². The van der Waals surface area contributed by atoms with Crippen LogP contribution in [0.4, 0.5) is 0 Å². The van der Waals surface area contributed by atoms with Crippen LogP contribution in [0.5, 0.6) is 0 Å². The maximum absolute atomic E-state index is 11.9. The molecule has 0 unspecified atom stereocenters. The van der Waals surface area contributed by atoms with Gasteiger partial charge < -0.3 is 10.1 Å². The van der Waals surface area contributed by atoms with Gasteiger partial charge >= 0.3 is 5.97 Å². The van der Waals surface area contributed by atoms with Gasteiger partial charge in [-0.1, -0.05) is 25.8 Å². The highest BCUT2D eigenvalue weighted by molar-refractivity contribution is 5.91. The predicted octanol–water partition coefficient (Wildman–Crippen LogP) is 2.02. The highest BCUT2D eigenvalue weighted by Gasteiger charge is 2.25. The summed E-state index contributed by atoms with van der Waals surface area (Å²) in [6.45, 7) is 3.34. The number of esters is 1. The number of hydrogen-bond acceptors (Lipinski definition) is 4. The van der Waals surface area contributed by atoms with E-state index in [4.69, 9.17) is 16.4 Å². The van der Waals surface area contributed by atoms with Gasteiger partial charge in [-0.25, -0.2) is 4.79 Å². The maximum Gasteiger partial charge on any atom is 0.338 e. The van der Waals surface area contributed by atoms with Gasteiger partial charge in [-0.3, -0.25) is 4.79 Å². The van der Waals surface area contributed by atoms with Crippen LogP contribution in [0.1, 0.15) is 42.6 Å². The van der Waals surface area contributed by atoms with E-state index in [2.05, 4.69) is 11.2 Å². The third-order valence-electron chi connectivity index (χ3n) is 3.42. The number of amides is 1. The van der Waals surface area contributed by atoms with Crippen molar-refractivity contribution in [1.82, 2.24) is 5.32 Å². The average Bonchev–Trinajstić information content (AvgIpc) is 2.57. The van der Waals surface area contributed by atoms with E-state index in [1.807, 2.05) is 19.9 Å². The number of ether oxygens (including phenoxy) is 1. The van der Waals surface area contributed by atoms with Gasteiger partial charge in [0, 0.05) is 0 Å². The highest BCUT2D eigenvalue weighted by Crippen LogP contribution is 2.13. The number of nitrogens with one attached hydrogen (secondary N) is 1.